The van der Waals surface area contributed by atoms with Crippen LogP contribution in [-0.2, 0) is 9.84 Å². The van der Waals surface area contributed by atoms with E-state index in [1.54, 1.807) is 0 Å². The number of piperazine rings is 1. The molecule has 1 fully saturated rings. The van der Waals surface area contributed by atoms with E-state index in [9.17, 15) is 8.42 Å². The molecule has 0 aromatic rings. The summed E-state index contributed by atoms with van der Waals surface area (Å²) in [6, 6.07) is 0.454. The zero-order valence-electron chi connectivity index (χ0n) is 10.1. The molecule has 4 nitrogen and oxygen atoms in total. The molecule has 1 heterocycles. The highest BCUT2D eigenvalue weighted by Crippen LogP contribution is 2.03. The third kappa shape index (κ3) is 5.48. The topological polar surface area (TPSA) is 49.4 Å². The molecule has 0 bridgehead atoms. The summed E-state index contributed by atoms with van der Waals surface area (Å²) in [7, 11) is -2.82. The quantitative estimate of drug-likeness (QED) is 0.792. The van der Waals surface area contributed by atoms with E-state index < -0.39 is 9.84 Å². The van der Waals surface area contributed by atoms with E-state index in [4.69, 9.17) is 0 Å². The van der Waals surface area contributed by atoms with Crippen LogP contribution in [0.2, 0.25) is 0 Å². The van der Waals surface area contributed by atoms with Gasteiger partial charge in [-0.2, -0.15) is 0 Å². The number of sulfone groups is 1. The summed E-state index contributed by atoms with van der Waals surface area (Å²) in [4.78, 5) is 2.25. The van der Waals surface area contributed by atoms with E-state index in [1.807, 2.05) is 6.92 Å². The van der Waals surface area contributed by atoms with Gasteiger partial charge in [-0.05, 0) is 13.3 Å². The fourth-order valence-corrected chi connectivity index (χ4v) is 3.22. The summed E-state index contributed by atoms with van der Waals surface area (Å²) in [6.07, 6.45) is 0.722. The van der Waals surface area contributed by atoms with E-state index in [2.05, 4.69) is 17.1 Å². The van der Waals surface area contributed by atoms with Gasteiger partial charge in [-0.1, -0.05) is 6.92 Å². The van der Waals surface area contributed by atoms with Gasteiger partial charge in [0.25, 0.3) is 0 Å². The molecule has 0 aromatic carbocycles. The highest BCUT2D eigenvalue weighted by molar-refractivity contribution is 7.91. The van der Waals surface area contributed by atoms with Gasteiger partial charge in [0.2, 0.25) is 0 Å². The molecule has 16 heavy (non-hydrogen) atoms. The number of nitrogens with one attached hydrogen (secondary N) is 1. The van der Waals surface area contributed by atoms with Crippen molar-refractivity contribution in [2.75, 3.05) is 37.7 Å². The number of hydrogen-bond donors (Lipinski definition) is 1. The minimum atomic E-state index is -2.82. The predicted octanol–water partition coefficient (Wildman–Crippen LogP) is 0.527. The molecule has 0 amide bonds. The van der Waals surface area contributed by atoms with Gasteiger partial charge in [0.1, 0.15) is 0 Å². The molecule has 0 unspecified atom stereocenters. The van der Waals surface area contributed by atoms with Gasteiger partial charge in [-0.3, -0.25) is 4.90 Å². The van der Waals surface area contributed by atoms with Gasteiger partial charge in [0.05, 0.1) is 5.75 Å². The maximum absolute atomic E-state index is 11.5. The second-order valence-electron chi connectivity index (χ2n) is 4.24. The molecule has 0 saturated carbocycles. The normalized spacial score (nSPS) is 22.8. The van der Waals surface area contributed by atoms with Gasteiger partial charge < -0.3 is 5.32 Å². The van der Waals surface area contributed by atoms with Crippen molar-refractivity contribution in [1.82, 2.24) is 10.2 Å². The lowest BCUT2D eigenvalue weighted by Crippen LogP contribution is -2.51. The third-order valence-corrected chi connectivity index (χ3v) is 4.68. The van der Waals surface area contributed by atoms with Gasteiger partial charge >= 0.3 is 0 Å². The zero-order valence-corrected chi connectivity index (χ0v) is 11.7. The van der Waals surface area contributed by atoms with Crippen LogP contribution in [0.3, 0.4) is 0 Å². The predicted molar refractivity (Wildman–Crippen MR) is 70.1 cm³/mol. The van der Waals surface area contributed by atoms with E-state index in [-0.39, 0.29) is 12.4 Å². The summed E-state index contributed by atoms with van der Waals surface area (Å²) in [5, 5.41) is 3.30. The first-order valence-corrected chi connectivity index (χ1v) is 7.52. The van der Waals surface area contributed by atoms with Gasteiger partial charge in [-0.15, -0.1) is 12.4 Å². The Bertz CT molecular complexity index is 283. The molecule has 1 atom stereocenters. The molecule has 1 aliphatic rings. The van der Waals surface area contributed by atoms with E-state index in [0.717, 1.165) is 26.1 Å². The summed E-state index contributed by atoms with van der Waals surface area (Å²) in [5.41, 5.74) is 0. The molecule has 98 valence electrons. The molecule has 0 spiro atoms. The molecule has 1 N–H and O–H groups in total. The minimum absolute atomic E-state index is 0. The SMILES string of the molecule is CCCS(=O)(=O)CCN1CCNC[C@@H]1C.Cl. The number of hydrogen-bond acceptors (Lipinski definition) is 4. The molecule has 1 aliphatic heterocycles. The van der Waals surface area contributed by atoms with E-state index >= 15 is 0 Å². The van der Waals surface area contributed by atoms with Crippen LogP contribution < -0.4 is 5.32 Å². The Hall–Kier alpha value is 0.160. The summed E-state index contributed by atoms with van der Waals surface area (Å²) >= 11 is 0. The molecule has 0 radical (unpaired) electrons. The monoisotopic (exact) mass is 270 g/mol. The van der Waals surface area contributed by atoms with Crippen molar-refractivity contribution in [3.05, 3.63) is 0 Å². The second kappa shape index (κ2) is 7.48. The molecule has 6 heteroatoms. The number of halogens is 1. The summed E-state index contributed by atoms with van der Waals surface area (Å²) < 4.78 is 23.1. The summed E-state index contributed by atoms with van der Waals surface area (Å²) in [6.45, 7) is 7.63. The van der Waals surface area contributed by atoms with Crippen molar-refractivity contribution >= 4 is 22.2 Å². The Morgan fingerprint density at radius 2 is 2.06 bits per heavy atom. The van der Waals surface area contributed by atoms with Crippen molar-refractivity contribution in [1.29, 1.82) is 0 Å². The highest BCUT2D eigenvalue weighted by atomic mass is 35.5. The van der Waals surface area contributed by atoms with Crippen molar-refractivity contribution < 1.29 is 8.42 Å². The van der Waals surface area contributed by atoms with Crippen molar-refractivity contribution in [3.63, 3.8) is 0 Å². The van der Waals surface area contributed by atoms with Crippen LogP contribution in [0.1, 0.15) is 20.3 Å². The average molecular weight is 271 g/mol. The lowest BCUT2D eigenvalue weighted by Gasteiger charge is -2.33. The lowest BCUT2D eigenvalue weighted by atomic mass is 10.2. The second-order valence-corrected chi connectivity index (χ2v) is 6.54. The maximum atomic E-state index is 11.5. The Morgan fingerprint density at radius 1 is 1.38 bits per heavy atom. The first kappa shape index (κ1) is 16.2. The smallest absolute Gasteiger partial charge is 0.151 e. The lowest BCUT2D eigenvalue weighted by molar-refractivity contribution is 0.184. The fraction of sp³-hybridized carbons (Fsp3) is 1.00. The molecular formula is C10H23ClN2O2S. The van der Waals surface area contributed by atoms with Crippen molar-refractivity contribution in [3.8, 4) is 0 Å². The molecule has 1 rings (SSSR count). The Labute approximate surface area is 105 Å². The third-order valence-electron chi connectivity index (χ3n) is 2.84. The van der Waals surface area contributed by atoms with Crippen LogP contribution in [0.5, 0.6) is 0 Å². The first-order chi connectivity index (χ1) is 7.05. The average Bonchev–Trinajstić information content (AvgIpc) is 2.16. The number of nitrogens with zero attached hydrogens (tertiary/aromatic N) is 1. The van der Waals surface area contributed by atoms with Gasteiger partial charge in [0, 0.05) is 38.0 Å². The van der Waals surface area contributed by atoms with Crippen LogP contribution >= 0.6 is 12.4 Å². The standard InChI is InChI=1S/C10H22N2O2S.ClH/c1-3-7-15(13,14)8-6-12-5-4-11-9-10(12)2;/h10-11H,3-9H2,1-2H3;1H/t10-;/m0./s1. The number of rotatable bonds is 5. The Morgan fingerprint density at radius 3 is 2.62 bits per heavy atom. The van der Waals surface area contributed by atoms with Crippen LogP contribution in [0, 0.1) is 0 Å². The molecule has 0 aliphatic carbocycles. The van der Waals surface area contributed by atoms with Gasteiger partial charge in [-0.25, -0.2) is 8.42 Å². The molecule has 0 aromatic heterocycles. The van der Waals surface area contributed by atoms with E-state index in [1.165, 1.54) is 0 Å². The first-order valence-electron chi connectivity index (χ1n) is 5.70. The largest absolute Gasteiger partial charge is 0.314 e. The highest BCUT2D eigenvalue weighted by Gasteiger charge is 2.19. The maximum Gasteiger partial charge on any atom is 0.151 e. The molecule has 1 saturated heterocycles. The van der Waals surface area contributed by atoms with Crippen LogP contribution in [0.4, 0.5) is 0 Å². The van der Waals surface area contributed by atoms with Crippen LogP contribution in [0.15, 0.2) is 0 Å². The van der Waals surface area contributed by atoms with E-state index in [0.29, 0.717) is 24.1 Å². The Balaban J connectivity index is 0.00000225. The molecular weight excluding hydrogens is 248 g/mol. The minimum Gasteiger partial charge on any atom is -0.314 e. The van der Waals surface area contributed by atoms with Crippen LogP contribution in [0.25, 0.3) is 0 Å². The fourth-order valence-electron chi connectivity index (χ4n) is 1.88. The van der Waals surface area contributed by atoms with Crippen molar-refractivity contribution in [2.24, 2.45) is 0 Å². The van der Waals surface area contributed by atoms with Crippen molar-refractivity contribution in [2.45, 2.75) is 26.3 Å². The van der Waals surface area contributed by atoms with Crippen LogP contribution in [-0.4, -0.2) is 57.0 Å². The van der Waals surface area contributed by atoms with Gasteiger partial charge in [0.15, 0.2) is 9.84 Å². The Kier molecular flexibility index (Phi) is 7.55. The summed E-state index contributed by atoms with van der Waals surface area (Å²) in [5.74, 6) is 0.638. The zero-order chi connectivity index (χ0) is 11.3.